The monoisotopic (exact) mass is 392 g/mol. The van der Waals surface area contributed by atoms with Gasteiger partial charge in [0.2, 0.25) is 0 Å². The molecule has 0 saturated heterocycles. The maximum Gasteiger partial charge on any atom is 0.115 e. The van der Waals surface area contributed by atoms with Gasteiger partial charge in [0.15, 0.2) is 0 Å². The molecule has 3 unspecified atom stereocenters. The number of aromatic hydroxyl groups is 2. The van der Waals surface area contributed by atoms with Gasteiger partial charge in [-0.2, -0.15) is 0 Å². The van der Waals surface area contributed by atoms with Gasteiger partial charge in [0.25, 0.3) is 0 Å². The molecule has 0 heterocycles. The van der Waals surface area contributed by atoms with E-state index in [1.54, 1.807) is 12.1 Å². The van der Waals surface area contributed by atoms with Crippen molar-refractivity contribution in [3.8, 4) is 11.5 Å². The van der Waals surface area contributed by atoms with Crippen LogP contribution < -0.4 is 0 Å². The molecule has 3 atom stereocenters. The van der Waals surface area contributed by atoms with E-state index in [4.69, 9.17) is 0 Å². The van der Waals surface area contributed by atoms with E-state index in [1.165, 1.54) is 48.8 Å². The normalized spacial score (nSPS) is 20.0. The Morgan fingerprint density at radius 1 is 1.00 bits per heavy atom. The molecule has 0 spiro atoms. The molecule has 0 bridgehead atoms. The second-order valence-corrected chi connectivity index (χ2v) is 9.16. The quantitative estimate of drug-likeness (QED) is 0.489. The van der Waals surface area contributed by atoms with Crippen LogP contribution in [0.15, 0.2) is 54.6 Å². The van der Waals surface area contributed by atoms with Crippen molar-refractivity contribution < 1.29 is 10.2 Å². The first-order valence-corrected chi connectivity index (χ1v) is 11.2. The highest BCUT2D eigenvalue weighted by Crippen LogP contribution is 2.46. The Balaban J connectivity index is 1.82. The number of allylic oxidation sites excluding steroid dienone is 2. The average Bonchev–Trinajstić information content (AvgIpc) is 2.73. The van der Waals surface area contributed by atoms with Crippen molar-refractivity contribution in [1.29, 1.82) is 0 Å². The molecule has 0 radical (unpaired) electrons. The molecule has 2 N–H and O–H groups in total. The fourth-order valence-corrected chi connectivity index (χ4v) is 5.09. The van der Waals surface area contributed by atoms with Crippen molar-refractivity contribution >= 4 is 5.57 Å². The molecule has 156 valence electrons. The molecule has 29 heavy (non-hydrogen) atoms. The summed E-state index contributed by atoms with van der Waals surface area (Å²) in [6.45, 7) is 7.10. The van der Waals surface area contributed by atoms with Crippen LogP contribution in [0.25, 0.3) is 5.57 Å². The minimum atomic E-state index is 0.109. The molecule has 1 aliphatic rings. The van der Waals surface area contributed by atoms with Crippen molar-refractivity contribution in [1.82, 2.24) is 0 Å². The zero-order valence-electron chi connectivity index (χ0n) is 18.2. The number of phenols is 2. The largest absolute Gasteiger partial charge is 0.508 e. The molecular formula is C27H36O2. The van der Waals surface area contributed by atoms with Crippen LogP contribution in [0.4, 0.5) is 0 Å². The Morgan fingerprint density at radius 2 is 1.62 bits per heavy atom. The molecule has 2 nitrogen and oxygen atoms in total. The number of unbranched alkanes of at least 4 members (excludes halogenated alkanes) is 1. The molecule has 0 saturated carbocycles. The lowest BCUT2D eigenvalue weighted by molar-refractivity contribution is 0.217. The number of phenolic OH excluding ortho intramolecular Hbond substituents is 2. The van der Waals surface area contributed by atoms with Gasteiger partial charge in [0, 0.05) is 0 Å². The zero-order valence-corrected chi connectivity index (χ0v) is 18.2. The summed E-state index contributed by atoms with van der Waals surface area (Å²) in [6.07, 6.45) is 10.8. The van der Waals surface area contributed by atoms with E-state index >= 15 is 0 Å². The Kier molecular flexibility index (Phi) is 7.05. The maximum atomic E-state index is 9.78. The van der Waals surface area contributed by atoms with Gasteiger partial charge in [0.1, 0.15) is 11.5 Å². The van der Waals surface area contributed by atoms with Gasteiger partial charge >= 0.3 is 0 Å². The van der Waals surface area contributed by atoms with Crippen molar-refractivity contribution in [3.63, 3.8) is 0 Å². The van der Waals surface area contributed by atoms with Gasteiger partial charge in [-0.15, -0.1) is 0 Å². The maximum absolute atomic E-state index is 9.78. The molecule has 2 aromatic carbocycles. The van der Waals surface area contributed by atoms with Crippen molar-refractivity contribution in [2.24, 2.45) is 11.8 Å². The van der Waals surface area contributed by atoms with E-state index in [0.717, 1.165) is 12.8 Å². The SMILES string of the molecule is CCCCC(C)CC(C)(c1ccc(O)cc1)C1CC=C(c2ccc(O)cc2)CC1. The highest BCUT2D eigenvalue weighted by molar-refractivity contribution is 5.66. The van der Waals surface area contributed by atoms with E-state index in [-0.39, 0.29) is 5.41 Å². The summed E-state index contributed by atoms with van der Waals surface area (Å²) in [5.41, 5.74) is 4.08. The summed E-state index contributed by atoms with van der Waals surface area (Å²) < 4.78 is 0. The van der Waals surface area contributed by atoms with E-state index in [2.05, 4.69) is 39.0 Å². The Hall–Kier alpha value is -2.22. The number of hydrogen-bond acceptors (Lipinski definition) is 2. The standard InChI is InChI=1S/C27H36O2/c1-4-5-6-20(2)19-27(3,24-13-17-26(29)18-14-24)23-11-7-21(8-12-23)22-9-15-25(28)16-10-22/h7,9-10,13-18,20,23,28-29H,4-6,8,11-12,19H2,1-3H3. The summed E-state index contributed by atoms with van der Waals surface area (Å²) in [5.74, 6) is 1.95. The van der Waals surface area contributed by atoms with Gasteiger partial charge in [-0.25, -0.2) is 0 Å². The van der Waals surface area contributed by atoms with Gasteiger partial charge in [-0.05, 0) is 83.9 Å². The molecule has 0 amide bonds. The number of hydrogen-bond donors (Lipinski definition) is 2. The van der Waals surface area contributed by atoms with Crippen molar-refractivity contribution in [2.75, 3.05) is 0 Å². The fraction of sp³-hybridized carbons (Fsp3) is 0.481. The smallest absolute Gasteiger partial charge is 0.115 e. The molecule has 0 aliphatic heterocycles. The summed E-state index contributed by atoms with van der Waals surface area (Å²) in [4.78, 5) is 0. The molecule has 1 aliphatic carbocycles. The van der Waals surface area contributed by atoms with Crippen LogP contribution in [0.5, 0.6) is 11.5 Å². The van der Waals surface area contributed by atoms with Crippen molar-refractivity contribution in [2.45, 2.75) is 71.1 Å². The summed E-state index contributed by atoms with van der Waals surface area (Å²) in [5, 5.41) is 19.3. The predicted molar refractivity (Wildman–Crippen MR) is 122 cm³/mol. The van der Waals surface area contributed by atoms with Crippen LogP contribution in [0.2, 0.25) is 0 Å². The second kappa shape index (κ2) is 9.52. The van der Waals surface area contributed by atoms with Gasteiger partial charge in [-0.3, -0.25) is 0 Å². The van der Waals surface area contributed by atoms with Gasteiger partial charge < -0.3 is 10.2 Å². The molecule has 0 aromatic heterocycles. The molecule has 2 heteroatoms. The fourth-order valence-electron chi connectivity index (χ4n) is 5.09. The minimum Gasteiger partial charge on any atom is -0.508 e. The highest BCUT2D eigenvalue weighted by atomic mass is 16.3. The Bertz CT molecular complexity index is 803. The van der Waals surface area contributed by atoms with Crippen LogP contribution in [-0.2, 0) is 5.41 Å². The topological polar surface area (TPSA) is 40.5 Å². The van der Waals surface area contributed by atoms with Gasteiger partial charge in [-0.1, -0.05) is 70.4 Å². The second-order valence-electron chi connectivity index (χ2n) is 9.16. The lowest BCUT2D eigenvalue weighted by Crippen LogP contribution is -2.35. The first-order chi connectivity index (χ1) is 13.9. The van der Waals surface area contributed by atoms with E-state index in [0.29, 0.717) is 23.3 Å². The summed E-state index contributed by atoms with van der Waals surface area (Å²) in [7, 11) is 0. The van der Waals surface area contributed by atoms with Crippen LogP contribution in [0.1, 0.15) is 76.8 Å². The lowest BCUT2D eigenvalue weighted by atomic mass is 9.62. The Morgan fingerprint density at radius 3 is 2.17 bits per heavy atom. The third kappa shape index (κ3) is 5.23. The minimum absolute atomic E-state index is 0.109. The molecule has 0 fully saturated rings. The number of benzene rings is 2. The first kappa shape index (κ1) is 21.5. The highest BCUT2D eigenvalue weighted by Gasteiger charge is 2.37. The van der Waals surface area contributed by atoms with E-state index in [1.807, 2.05) is 24.3 Å². The first-order valence-electron chi connectivity index (χ1n) is 11.2. The van der Waals surface area contributed by atoms with Gasteiger partial charge in [0.05, 0.1) is 0 Å². The van der Waals surface area contributed by atoms with Crippen LogP contribution in [-0.4, -0.2) is 10.2 Å². The number of rotatable bonds is 8. The zero-order chi connectivity index (χ0) is 20.9. The molecule has 2 aromatic rings. The third-order valence-electron chi connectivity index (χ3n) is 6.90. The average molecular weight is 393 g/mol. The predicted octanol–water partition coefficient (Wildman–Crippen LogP) is 7.46. The van der Waals surface area contributed by atoms with Crippen molar-refractivity contribution in [3.05, 3.63) is 65.7 Å². The summed E-state index contributed by atoms with van der Waals surface area (Å²) in [6, 6.07) is 15.5. The Labute approximate surface area is 176 Å². The molecular weight excluding hydrogens is 356 g/mol. The third-order valence-corrected chi connectivity index (χ3v) is 6.90. The van der Waals surface area contributed by atoms with E-state index in [9.17, 15) is 10.2 Å². The van der Waals surface area contributed by atoms with Crippen LogP contribution >= 0.6 is 0 Å². The summed E-state index contributed by atoms with van der Waals surface area (Å²) >= 11 is 0. The van der Waals surface area contributed by atoms with Crippen LogP contribution in [0, 0.1) is 11.8 Å². The van der Waals surface area contributed by atoms with Crippen LogP contribution in [0.3, 0.4) is 0 Å². The van der Waals surface area contributed by atoms with E-state index < -0.39 is 0 Å². The molecule has 3 rings (SSSR count). The lowest BCUT2D eigenvalue weighted by Gasteiger charge is -2.42.